The van der Waals surface area contributed by atoms with Gasteiger partial charge in [-0.3, -0.25) is 4.79 Å². The third-order valence-electron chi connectivity index (χ3n) is 2.68. The van der Waals surface area contributed by atoms with Crippen molar-refractivity contribution in [2.75, 3.05) is 4.31 Å². The highest BCUT2D eigenvalue weighted by Crippen LogP contribution is 2.23. The zero-order valence-electron chi connectivity index (χ0n) is 10.8. The third kappa shape index (κ3) is 3.51. The van der Waals surface area contributed by atoms with Gasteiger partial charge in [0.05, 0.1) is 11.4 Å². The molecule has 7 heteroatoms. The average Bonchev–Trinajstić information content (AvgIpc) is 2.38. The van der Waals surface area contributed by atoms with Crippen LogP contribution in [0.1, 0.15) is 5.56 Å². The van der Waals surface area contributed by atoms with Crippen molar-refractivity contribution >= 4 is 22.1 Å². The molecule has 0 atom stereocenters. The first-order chi connectivity index (χ1) is 9.92. The highest BCUT2D eigenvalue weighted by molar-refractivity contribution is 7.92. The minimum Gasteiger partial charge on any atom is -0.508 e. The maximum absolute atomic E-state index is 12.3. The average molecular weight is 306 g/mol. The van der Waals surface area contributed by atoms with Gasteiger partial charge in [0.15, 0.2) is 0 Å². The molecule has 0 heterocycles. The minimum absolute atomic E-state index is 0.00912. The Bertz CT molecular complexity index is 757. The lowest BCUT2D eigenvalue weighted by atomic mass is 10.2. The molecule has 2 aromatic rings. The van der Waals surface area contributed by atoms with Crippen molar-refractivity contribution < 1.29 is 23.4 Å². The lowest BCUT2D eigenvalue weighted by Crippen LogP contribution is -2.30. The summed E-state index contributed by atoms with van der Waals surface area (Å²) >= 11 is 0. The number of hydrogen-bond acceptors (Lipinski definition) is 5. The van der Waals surface area contributed by atoms with Crippen LogP contribution in [-0.2, 0) is 20.6 Å². The normalized spacial score (nSPS) is 11.0. The van der Waals surface area contributed by atoms with Crippen LogP contribution in [0, 0.1) is 0 Å². The first-order valence-electron chi connectivity index (χ1n) is 5.90. The van der Waals surface area contributed by atoms with Crippen molar-refractivity contribution in [2.45, 2.75) is 5.75 Å². The zero-order chi connectivity index (χ0) is 15.5. The molecule has 0 aromatic heterocycles. The molecule has 2 N–H and O–H groups in total. The zero-order valence-corrected chi connectivity index (χ0v) is 11.6. The molecule has 21 heavy (non-hydrogen) atoms. The first kappa shape index (κ1) is 14.9. The predicted molar refractivity (Wildman–Crippen MR) is 77.0 cm³/mol. The number of phenolic OH excluding ortho intramolecular Hbond substituents is 2. The quantitative estimate of drug-likeness (QED) is 0.816. The van der Waals surface area contributed by atoms with E-state index in [1.54, 1.807) is 0 Å². The lowest BCUT2D eigenvalue weighted by Gasteiger charge is -2.17. The van der Waals surface area contributed by atoms with Gasteiger partial charge in [-0.15, -0.1) is 0 Å². The van der Waals surface area contributed by atoms with E-state index in [2.05, 4.69) is 0 Å². The van der Waals surface area contributed by atoms with Crippen LogP contribution in [0.3, 0.4) is 0 Å². The number of carbonyl (C=O) groups excluding carboxylic acids is 1. The summed E-state index contributed by atoms with van der Waals surface area (Å²) < 4.78 is 24.9. The van der Waals surface area contributed by atoms with Crippen molar-refractivity contribution in [1.29, 1.82) is 0 Å². The Morgan fingerprint density at radius 3 is 2.19 bits per heavy atom. The molecule has 0 saturated heterocycles. The van der Waals surface area contributed by atoms with E-state index in [-0.39, 0.29) is 17.2 Å². The molecule has 1 radical (unpaired) electrons. The fraction of sp³-hybridized carbons (Fsp3) is 0.0714. The summed E-state index contributed by atoms with van der Waals surface area (Å²) in [5, 5.41) is 18.7. The number of aromatic hydroxyl groups is 2. The van der Waals surface area contributed by atoms with E-state index in [4.69, 9.17) is 0 Å². The van der Waals surface area contributed by atoms with Gasteiger partial charge >= 0.3 is 6.41 Å². The summed E-state index contributed by atoms with van der Waals surface area (Å²) in [6.07, 6.45) is 1.34. The van der Waals surface area contributed by atoms with Gasteiger partial charge in [0, 0.05) is 6.07 Å². The van der Waals surface area contributed by atoms with Crippen molar-refractivity contribution in [3.63, 3.8) is 0 Å². The highest BCUT2D eigenvalue weighted by atomic mass is 32.2. The fourth-order valence-electron chi connectivity index (χ4n) is 1.81. The van der Waals surface area contributed by atoms with Gasteiger partial charge in [0.25, 0.3) is 0 Å². The lowest BCUT2D eigenvalue weighted by molar-refractivity contribution is 0.474. The van der Waals surface area contributed by atoms with Gasteiger partial charge in [-0.25, -0.2) is 8.42 Å². The van der Waals surface area contributed by atoms with E-state index >= 15 is 0 Å². The van der Waals surface area contributed by atoms with Crippen LogP contribution in [0.4, 0.5) is 5.69 Å². The summed E-state index contributed by atoms with van der Waals surface area (Å²) in [6.45, 7) is 0. The fourth-order valence-corrected chi connectivity index (χ4v) is 3.09. The van der Waals surface area contributed by atoms with Crippen LogP contribution in [0.25, 0.3) is 0 Å². The number of rotatable bonds is 5. The van der Waals surface area contributed by atoms with Gasteiger partial charge in [-0.05, 0) is 29.8 Å². The summed E-state index contributed by atoms with van der Waals surface area (Å²) in [7, 11) is -4.02. The number of nitrogens with zero attached hydrogens (tertiary/aromatic N) is 1. The standard InChI is InChI=1S/C14H12NO5S/c16-10-15(12-4-2-6-14(18)8-12)21(19,20)9-11-3-1-5-13(17)7-11/h1-8,17-18H,9H2. The molecule has 0 aliphatic rings. The van der Waals surface area contributed by atoms with Gasteiger partial charge in [0.2, 0.25) is 10.0 Å². The molecule has 0 unspecified atom stereocenters. The molecular formula is C14H12NO5S. The Balaban J connectivity index is 2.34. The molecule has 109 valence electrons. The number of benzene rings is 2. The summed E-state index contributed by atoms with van der Waals surface area (Å²) in [5.41, 5.74) is 0.320. The molecule has 2 rings (SSSR count). The van der Waals surface area contributed by atoms with E-state index in [1.165, 1.54) is 48.9 Å². The molecule has 6 nitrogen and oxygen atoms in total. The number of hydrogen-bond donors (Lipinski definition) is 2. The Morgan fingerprint density at radius 1 is 1.00 bits per heavy atom. The number of anilines is 1. The van der Waals surface area contributed by atoms with Crippen LogP contribution in [0.2, 0.25) is 0 Å². The molecule has 0 bridgehead atoms. The smallest absolute Gasteiger partial charge is 0.331 e. The van der Waals surface area contributed by atoms with Crippen LogP contribution in [0.15, 0.2) is 48.5 Å². The van der Waals surface area contributed by atoms with E-state index in [0.29, 0.717) is 9.87 Å². The molecule has 0 spiro atoms. The molecule has 0 aliphatic heterocycles. The topological polar surface area (TPSA) is 94.9 Å². The summed E-state index contributed by atoms with van der Waals surface area (Å²) in [5.74, 6) is -0.714. The Kier molecular flexibility index (Phi) is 4.13. The van der Waals surface area contributed by atoms with Crippen LogP contribution in [0.5, 0.6) is 11.5 Å². The SMILES string of the molecule is O=[C]N(c1cccc(O)c1)S(=O)(=O)Cc1cccc(O)c1. The highest BCUT2D eigenvalue weighted by Gasteiger charge is 2.24. The number of phenols is 2. The Morgan fingerprint density at radius 2 is 1.62 bits per heavy atom. The van der Waals surface area contributed by atoms with E-state index in [0.717, 1.165) is 6.07 Å². The van der Waals surface area contributed by atoms with Crippen molar-refractivity contribution in [3.8, 4) is 11.5 Å². The molecular weight excluding hydrogens is 294 g/mol. The maximum atomic E-state index is 12.3. The van der Waals surface area contributed by atoms with E-state index in [1.807, 2.05) is 0 Å². The largest absolute Gasteiger partial charge is 0.508 e. The van der Waals surface area contributed by atoms with E-state index < -0.39 is 15.8 Å². The molecule has 2 aromatic carbocycles. The first-order valence-corrected chi connectivity index (χ1v) is 7.51. The second-order valence-electron chi connectivity index (χ2n) is 4.30. The van der Waals surface area contributed by atoms with Gasteiger partial charge in [0.1, 0.15) is 11.5 Å². The monoisotopic (exact) mass is 306 g/mol. The Labute approximate surface area is 121 Å². The number of amides is 1. The molecule has 0 saturated carbocycles. The molecule has 1 amide bonds. The maximum Gasteiger partial charge on any atom is 0.331 e. The molecule has 0 fully saturated rings. The van der Waals surface area contributed by atoms with Crippen molar-refractivity contribution in [1.82, 2.24) is 0 Å². The van der Waals surface area contributed by atoms with Crippen LogP contribution < -0.4 is 4.31 Å². The van der Waals surface area contributed by atoms with Gasteiger partial charge in [-0.1, -0.05) is 18.2 Å². The second-order valence-corrected chi connectivity index (χ2v) is 6.12. The molecule has 0 aliphatic carbocycles. The van der Waals surface area contributed by atoms with Crippen LogP contribution >= 0.6 is 0 Å². The van der Waals surface area contributed by atoms with Gasteiger partial charge in [-0.2, -0.15) is 4.31 Å². The summed E-state index contributed by atoms with van der Waals surface area (Å²) in [6, 6.07) is 11.0. The van der Waals surface area contributed by atoms with E-state index in [9.17, 15) is 23.4 Å². The second kappa shape index (κ2) is 5.84. The Hall–Kier alpha value is -2.54. The third-order valence-corrected chi connectivity index (χ3v) is 4.22. The predicted octanol–water partition coefficient (Wildman–Crippen LogP) is 1.50. The number of sulfonamides is 1. The van der Waals surface area contributed by atoms with Crippen molar-refractivity contribution in [3.05, 3.63) is 54.1 Å². The minimum atomic E-state index is -4.02. The summed E-state index contributed by atoms with van der Waals surface area (Å²) in [4.78, 5) is 11.0. The van der Waals surface area contributed by atoms with Gasteiger partial charge < -0.3 is 10.2 Å². The van der Waals surface area contributed by atoms with Crippen LogP contribution in [-0.4, -0.2) is 25.0 Å². The van der Waals surface area contributed by atoms with Crippen molar-refractivity contribution in [2.24, 2.45) is 0 Å².